The Hall–Kier alpha value is -1.89. The number of halogens is 3. The second-order valence-electron chi connectivity index (χ2n) is 3.70. The zero-order chi connectivity index (χ0) is 13.3. The van der Waals surface area contributed by atoms with E-state index in [4.69, 9.17) is 5.11 Å². The van der Waals surface area contributed by atoms with Gasteiger partial charge in [-0.2, -0.15) is 13.2 Å². The van der Waals surface area contributed by atoms with Crippen molar-refractivity contribution in [3.63, 3.8) is 0 Å². The highest BCUT2D eigenvalue weighted by Gasteiger charge is 2.34. The molecule has 0 atom stereocenters. The largest absolute Gasteiger partial charge is 0.417 e. The number of rotatable bonds is 2. The van der Waals surface area contributed by atoms with Crippen LogP contribution in [-0.2, 0) is 19.8 Å². The maximum Gasteiger partial charge on any atom is 0.417 e. The third-order valence-corrected chi connectivity index (χ3v) is 2.58. The molecule has 0 fully saturated rings. The molecule has 96 valence electrons. The Morgan fingerprint density at radius 1 is 1.22 bits per heavy atom. The van der Waals surface area contributed by atoms with E-state index in [-0.39, 0.29) is 23.8 Å². The topological polar surface area (TPSA) is 50.9 Å². The van der Waals surface area contributed by atoms with Gasteiger partial charge in [-0.15, -0.1) is 10.2 Å². The van der Waals surface area contributed by atoms with Gasteiger partial charge in [0.15, 0.2) is 11.6 Å². The van der Waals surface area contributed by atoms with Crippen molar-refractivity contribution >= 4 is 0 Å². The van der Waals surface area contributed by atoms with Crippen molar-refractivity contribution in [1.29, 1.82) is 0 Å². The standard InChI is InChI=1S/C11H10F3N3O/c1-17-9(6-18)15-16-10(17)7-4-2-3-5-8(7)11(12,13)14/h2-5,18H,6H2,1H3. The van der Waals surface area contributed by atoms with Gasteiger partial charge >= 0.3 is 6.18 Å². The van der Waals surface area contributed by atoms with E-state index in [1.165, 1.54) is 29.8 Å². The van der Waals surface area contributed by atoms with Gasteiger partial charge in [0.05, 0.1) is 5.56 Å². The maximum absolute atomic E-state index is 12.8. The molecule has 0 aliphatic heterocycles. The van der Waals surface area contributed by atoms with E-state index in [0.29, 0.717) is 0 Å². The summed E-state index contributed by atoms with van der Waals surface area (Å²) in [6.45, 7) is -0.377. The zero-order valence-electron chi connectivity index (χ0n) is 9.44. The molecule has 2 rings (SSSR count). The Morgan fingerprint density at radius 2 is 1.89 bits per heavy atom. The Labute approximate surface area is 101 Å². The van der Waals surface area contributed by atoms with Gasteiger partial charge in [0.25, 0.3) is 0 Å². The van der Waals surface area contributed by atoms with Crippen LogP contribution >= 0.6 is 0 Å². The van der Waals surface area contributed by atoms with Crippen LogP contribution in [-0.4, -0.2) is 19.9 Å². The monoisotopic (exact) mass is 257 g/mol. The van der Waals surface area contributed by atoms with E-state index in [2.05, 4.69) is 10.2 Å². The van der Waals surface area contributed by atoms with E-state index in [1.54, 1.807) is 0 Å². The molecule has 1 heterocycles. The number of nitrogens with zero attached hydrogens (tertiary/aromatic N) is 3. The van der Waals surface area contributed by atoms with Crippen molar-refractivity contribution in [1.82, 2.24) is 14.8 Å². The lowest BCUT2D eigenvalue weighted by Gasteiger charge is -2.11. The van der Waals surface area contributed by atoms with Crippen molar-refractivity contribution in [2.24, 2.45) is 7.05 Å². The molecule has 0 aliphatic rings. The number of aliphatic hydroxyl groups excluding tert-OH is 1. The van der Waals surface area contributed by atoms with Crippen LogP contribution in [0.4, 0.5) is 13.2 Å². The summed E-state index contributed by atoms with van der Waals surface area (Å²) in [4.78, 5) is 0. The summed E-state index contributed by atoms with van der Waals surface area (Å²) in [5, 5.41) is 16.3. The molecule has 0 unspecified atom stereocenters. The van der Waals surface area contributed by atoms with Crippen molar-refractivity contribution in [3.05, 3.63) is 35.7 Å². The molecule has 0 amide bonds. The number of aromatic nitrogens is 3. The summed E-state index contributed by atoms with van der Waals surface area (Å²) < 4.78 is 39.9. The van der Waals surface area contributed by atoms with Crippen molar-refractivity contribution in [3.8, 4) is 11.4 Å². The first kappa shape index (κ1) is 12.6. The molecule has 0 radical (unpaired) electrons. The molecule has 0 saturated heterocycles. The number of aliphatic hydroxyl groups is 1. The predicted octanol–water partition coefficient (Wildman–Crippen LogP) is 1.99. The highest BCUT2D eigenvalue weighted by Crippen LogP contribution is 2.36. The lowest BCUT2D eigenvalue weighted by molar-refractivity contribution is -0.137. The highest BCUT2D eigenvalue weighted by atomic mass is 19.4. The lowest BCUT2D eigenvalue weighted by Crippen LogP contribution is -2.09. The van der Waals surface area contributed by atoms with E-state index in [9.17, 15) is 13.2 Å². The molecule has 0 saturated carbocycles. The Balaban J connectivity index is 2.61. The van der Waals surface area contributed by atoms with Crippen LogP contribution < -0.4 is 0 Å². The van der Waals surface area contributed by atoms with Gasteiger partial charge in [-0.1, -0.05) is 18.2 Å². The van der Waals surface area contributed by atoms with E-state index >= 15 is 0 Å². The molecule has 18 heavy (non-hydrogen) atoms. The van der Waals surface area contributed by atoms with Gasteiger partial charge in [0, 0.05) is 12.6 Å². The molecule has 1 aromatic carbocycles. The number of hydrogen-bond acceptors (Lipinski definition) is 3. The van der Waals surface area contributed by atoms with E-state index < -0.39 is 11.7 Å². The van der Waals surface area contributed by atoms with Gasteiger partial charge in [-0.05, 0) is 6.07 Å². The van der Waals surface area contributed by atoms with Crippen LogP contribution in [0.25, 0.3) is 11.4 Å². The van der Waals surface area contributed by atoms with Gasteiger partial charge in [-0.3, -0.25) is 0 Å². The molecule has 1 N–H and O–H groups in total. The van der Waals surface area contributed by atoms with Crippen LogP contribution in [0.3, 0.4) is 0 Å². The zero-order valence-corrected chi connectivity index (χ0v) is 9.44. The predicted molar refractivity (Wildman–Crippen MR) is 57.4 cm³/mol. The minimum absolute atomic E-state index is 0.0558. The van der Waals surface area contributed by atoms with Crippen LogP contribution in [0.15, 0.2) is 24.3 Å². The SMILES string of the molecule is Cn1c(CO)nnc1-c1ccccc1C(F)(F)F. The fraction of sp³-hybridized carbons (Fsp3) is 0.273. The Morgan fingerprint density at radius 3 is 2.44 bits per heavy atom. The summed E-state index contributed by atoms with van der Waals surface area (Å²) in [5.74, 6) is 0.286. The lowest BCUT2D eigenvalue weighted by atomic mass is 10.1. The second kappa shape index (κ2) is 4.41. The smallest absolute Gasteiger partial charge is 0.388 e. The van der Waals surface area contributed by atoms with Crippen molar-refractivity contribution in [2.45, 2.75) is 12.8 Å². The highest BCUT2D eigenvalue weighted by molar-refractivity contribution is 5.61. The number of hydrogen-bond donors (Lipinski definition) is 1. The third-order valence-electron chi connectivity index (χ3n) is 2.58. The molecule has 0 bridgehead atoms. The molecular formula is C11H10F3N3O. The number of benzene rings is 1. The van der Waals surface area contributed by atoms with E-state index in [0.717, 1.165) is 6.07 Å². The molecule has 4 nitrogen and oxygen atoms in total. The fourth-order valence-corrected chi connectivity index (χ4v) is 1.66. The Bertz CT molecular complexity index is 563. The van der Waals surface area contributed by atoms with Gasteiger partial charge < -0.3 is 9.67 Å². The molecule has 1 aromatic heterocycles. The molecule has 7 heteroatoms. The van der Waals surface area contributed by atoms with Crippen LogP contribution in [0.2, 0.25) is 0 Å². The quantitative estimate of drug-likeness (QED) is 0.895. The normalized spacial score (nSPS) is 11.8. The van der Waals surface area contributed by atoms with Crippen LogP contribution in [0.5, 0.6) is 0 Å². The average Bonchev–Trinajstić information content (AvgIpc) is 2.69. The molecule has 0 spiro atoms. The number of alkyl halides is 3. The first-order valence-electron chi connectivity index (χ1n) is 5.11. The average molecular weight is 257 g/mol. The fourth-order valence-electron chi connectivity index (χ4n) is 1.66. The van der Waals surface area contributed by atoms with E-state index in [1.807, 2.05) is 0 Å². The van der Waals surface area contributed by atoms with Crippen LogP contribution in [0.1, 0.15) is 11.4 Å². The van der Waals surface area contributed by atoms with Gasteiger partial charge in [0.1, 0.15) is 6.61 Å². The second-order valence-corrected chi connectivity index (χ2v) is 3.70. The summed E-state index contributed by atoms with van der Waals surface area (Å²) in [6.07, 6.45) is -4.46. The summed E-state index contributed by atoms with van der Waals surface area (Å²) in [7, 11) is 1.51. The minimum atomic E-state index is -4.46. The molecule has 2 aromatic rings. The summed E-state index contributed by atoms with van der Waals surface area (Å²) in [5.41, 5.74) is -0.829. The maximum atomic E-state index is 12.8. The first-order chi connectivity index (χ1) is 8.45. The first-order valence-corrected chi connectivity index (χ1v) is 5.11. The van der Waals surface area contributed by atoms with Gasteiger partial charge in [-0.25, -0.2) is 0 Å². The summed E-state index contributed by atoms with van der Waals surface area (Å²) in [6, 6.07) is 5.13. The molecular weight excluding hydrogens is 247 g/mol. The molecule has 0 aliphatic carbocycles. The van der Waals surface area contributed by atoms with Crippen LogP contribution in [0, 0.1) is 0 Å². The summed E-state index contributed by atoms with van der Waals surface area (Å²) >= 11 is 0. The third kappa shape index (κ3) is 2.08. The van der Waals surface area contributed by atoms with Crippen molar-refractivity contribution in [2.75, 3.05) is 0 Å². The van der Waals surface area contributed by atoms with Gasteiger partial charge in [0.2, 0.25) is 0 Å². The Kier molecular flexibility index (Phi) is 3.08. The van der Waals surface area contributed by atoms with Crippen molar-refractivity contribution < 1.29 is 18.3 Å². The minimum Gasteiger partial charge on any atom is -0.388 e.